The average molecular weight is 333 g/mol. The summed E-state index contributed by atoms with van der Waals surface area (Å²) in [4.78, 5) is 20.0. The SMILES string of the molecule is Cc1nc(-c2c(C)noc2C)sc1C(=O)N1CC2CC1(CO)C2. The summed E-state index contributed by atoms with van der Waals surface area (Å²) < 4.78 is 5.20. The van der Waals surface area contributed by atoms with Crippen molar-refractivity contribution in [1.82, 2.24) is 15.0 Å². The van der Waals surface area contributed by atoms with Crippen molar-refractivity contribution in [3.63, 3.8) is 0 Å². The van der Waals surface area contributed by atoms with E-state index in [9.17, 15) is 9.90 Å². The summed E-state index contributed by atoms with van der Waals surface area (Å²) in [5, 5.41) is 14.4. The van der Waals surface area contributed by atoms with Gasteiger partial charge in [-0.2, -0.15) is 0 Å². The Morgan fingerprint density at radius 3 is 2.74 bits per heavy atom. The van der Waals surface area contributed by atoms with Crippen molar-refractivity contribution in [2.24, 2.45) is 5.92 Å². The average Bonchev–Trinajstić information content (AvgIpc) is 3.20. The highest BCUT2D eigenvalue weighted by Gasteiger charge is 2.57. The van der Waals surface area contributed by atoms with E-state index in [0.717, 1.165) is 41.3 Å². The first kappa shape index (κ1) is 14.8. The van der Waals surface area contributed by atoms with Gasteiger partial charge in [-0.15, -0.1) is 11.3 Å². The molecular formula is C16H19N3O3S. The number of aromatic nitrogens is 2. The van der Waals surface area contributed by atoms with Crippen LogP contribution in [0.1, 0.15) is 39.7 Å². The van der Waals surface area contributed by atoms with Gasteiger partial charge in [-0.3, -0.25) is 4.79 Å². The predicted molar refractivity (Wildman–Crippen MR) is 85.4 cm³/mol. The van der Waals surface area contributed by atoms with Gasteiger partial charge in [0.1, 0.15) is 15.6 Å². The quantitative estimate of drug-likeness (QED) is 0.932. The van der Waals surface area contributed by atoms with Crippen LogP contribution in [-0.2, 0) is 0 Å². The summed E-state index contributed by atoms with van der Waals surface area (Å²) in [7, 11) is 0. The van der Waals surface area contributed by atoms with E-state index in [2.05, 4.69) is 10.1 Å². The molecule has 4 heterocycles. The minimum Gasteiger partial charge on any atom is -0.394 e. The topological polar surface area (TPSA) is 79.5 Å². The summed E-state index contributed by atoms with van der Waals surface area (Å²) in [6.45, 7) is 6.38. The summed E-state index contributed by atoms with van der Waals surface area (Å²) in [5.41, 5.74) is 2.05. The molecule has 5 rings (SSSR count). The van der Waals surface area contributed by atoms with Gasteiger partial charge in [-0.1, -0.05) is 5.16 Å². The van der Waals surface area contributed by atoms with Crippen LogP contribution in [0.3, 0.4) is 0 Å². The Kier molecular flexibility index (Phi) is 3.15. The fourth-order valence-corrected chi connectivity index (χ4v) is 5.10. The van der Waals surface area contributed by atoms with Crippen molar-refractivity contribution < 1.29 is 14.4 Å². The number of hydrogen-bond donors (Lipinski definition) is 1. The largest absolute Gasteiger partial charge is 0.394 e. The van der Waals surface area contributed by atoms with E-state index in [0.29, 0.717) is 16.6 Å². The van der Waals surface area contributed by atoms with Crippen LogP contribution < -0.4 is 0 Å². The standard InChI is InChI=1S/C16H19N3O3S/c1-8-12(10(3)22-18-8)14-17-9(2)13(23-14)15(21)19-6-11-4-16(19,5-11)7-20/h11,20H,4-7H2,1-3H3. The molecule has 6 nitrogen and oxygen atoms in total. The van der Waals surface area contributed by atoms with E-state index < -0.39 is 0 Å². The maximum atomic E-state index is 13.0. The number of aliphatic hydroxyl groups is 1. The molecule has 2 aromatic heterocycles. The van der Waals surface area contributed by atoms with Crippen molar-refractivity contribution in [3.05, 3.63) is 22.0 Å². The molecule has 0 atom stereocenters. The van der Waals surface area contributed by atoms with Crippen molar-refractivity contribution in [1.29, 1.82) is 0 Å². The highest BCUT2D eigenvalue weighted by Crippen LogP contribution is 2.51. The van der Waals surface area contributed by atoms with Crippen LogP contribution in [0.2, 0.25) is 0 Å². The Balaban J connectivity index is 1.69. The predicted octanol–water partition coefficient (Wildman–Crippen LogP) is 2.32. The molecule has 122 valence electrons. The molecule has 2 aromatic rings. The van der Waals surface area contributed by atoms with Gasteiger partial charge in [-0.25, -0.2) is 4.98 Å². The molecule has 7 heteroatoms. The highest BCUT2D eigenvalue weighted by molar-refractivity contribution is 7.17. The zero-order valence-corrected chi connectivity index (χ0v) is 14.2. The zero-order chi connectivity index (χ0) is 16.4. The Bertz CT molecular complexity index is 769. The lowest BCUT2D eigenvalue weighted by atomic mass is 9.74. The molecule has 3 fully saturated rings. The molecule has 0 spiro atoms. The number of carbonyl (C=O) groups excluding carboxylic acids is 1. The van der Waals surface area contributed by atoms with Crippen LogP contribution in [0.25, 0.3) is 10.6 Å². The second kappa shape index (κ2) is 4.88. The minimum absolute atomic E-state index is 0.00735. The maximum Gasteiger partial charge on any atom is 0.266 e. The van der Waals surface area contributed by atoms with E-state index in [1.165, 1.54) is 11.3 Å². The van der Waals surface area contributed by atoms with Gasteiger partial charge >= 0.3 is 0 Å². The van der Waals surface area contributed by atoms with Crippen LogP contribution in [0, 0.1) is 26.7 Å². The smallest absolute Gasteiger partial charge is 0.266 e. The van der Waals surface area contributed by atoms with Crippen LogP contribution in [0.5, 0.6) is 0 Å². The summed E-state index contributed by atoms with van der Waals surface area (Å²) in [6, 6.07) is 0. The van der Waals surface area contributed by atoms with Gasteiger partial charge in [0.15, 0.2) is 0 Å². The number of rotatable bonds is 3. The third kappa shape index (κ3) is 1.99. The Morgan fingerprint density at radius 1 is 1.39 bits per heavy atom. The third-order valence-electron chi connectivity index (χ3n) is 5.13. The normalized spacial score (nSPS) is 25.7. The molecule has 0 aromatic carbocycles. The van der Waals surface area contributed by atoms with E-state index in [4.69, 9.17) is 4.52 Å². The number of hydrogen-bond acceptors (Lipinski definition) is 6. The maximum absolute atomic E-state index is 13.0. The molecule has 0 radical (unpaired) electrons. The van der Waals surface area contributed by atoms with Crippen LogP contribution >= 0.6 is 11.3 Å². The van der Waals surface area contributed by atoms with Crippen molar-refractivity contribution >= 4 is 17.2 Å². The molecule has 1 amide bonds. The lowest BCUT2D eigenvalue weighted by Gasteiger charge is -2.40. The Hall–Kier alpha value is -1.73. The number of amides is 1. The van der Waals surface area contributed by atoms with Gasteiger partial charge in [0.2, 0.25) is 0 Å². The van der Waals surface area contributed by atoms with Crippen LogP contribution in [0.4, 0.5) is 0 Å². The molecule has 2 saturated heterocycles. The molecule has 23 heavy (non-hydrogen) atoms. The monoisotopic (exact) mass is 333 g/mol. The lowest BCUT2D eigenvalue weighted by molar-refractivity contribution is 0.0301. The molecule has 1 N–H and O–H groups in total. The minimum atomic E-state index is -0.332. The van der Waals surface area contributed by atoms with Crippen molar-refractivity contribution in [2.45, 2.75) is 39.2 Å². The number of fused-ring (bicyclic) bond motifs is 1. The number of carbonyl (C=O) groups is 1. The summed E-state index contributed by atoms with van der Waals surface area (Å²) >= 11 is 1.39. The molecule has 2 aliphatic heterocycles. The molecule has 2 bridgehead atoms. The molecule has 1 aliphatic carbocycles. The summed E-state index contributed by atoms with van der Waals surface area (Å²) in [6.07, 6.45) is 1.84. The van der Waals surface area contributed by atoms with Crippen molar-refractivity contribution in [3.8, 4) is 10.6 Å². The first-order valence-corrected chi connectivity index (χ1v) is 8.60. The van der Waals surface area contributed by atoms with Gasteiger partial charge in [0.25, 0.3) is 5.91 Å². The first-order chi connectivity index (χ1) is 10.9. The van der Waals surface area contributed by atoms with E-state index in [-0.39, 0.29) is 18.1 Å². The van der Waals surface area contributed by atoms with Crippen LogP contribution in [-0.4, -0.2) is 44.7 Å². The Labute approximate surface area is 138 Å². The van der Waals surface area contributed by atoms with E-state index >= 15 is 0 Å². The molecule has 1 saturated carbocycles. The number of aliphatic hydroxyl groups excluding tert-OH is 1. The number of aryl methyl sites for hydroxylation is 3. The molecule has 0 unspecified atom stereocenters. The second-order valence-corrected chi connectivity index (χ2v) is 7.70. The number of nitrogens with zero attached hydrogens (tertiary/aromatic N) is 3. The Morgan fingerprint density at radius 2 is 2.13 bits per heavy atom. The van der Waals surface area contributed by atoms with E-state index in [1.807, 2.05) is 25.7 Å². The zero-order valence-electron chi connectivity index (χ0n) is 13.4. The lowest BCUT2D eigenvalue weighted by Crippen LogP contribution is -2.51. The molecular weight excluding hydrogens is 314 g/mol. The van der Waals surface area contributed by atoms with Gasteiger partial charge in [0.05, 0.1) is 29.1 Å². The summed E-state index contributed by atoms with van der Waals surface area (Å²) in [5.74, 6) is 1.25. The van der Waals surface area contributed by atoms with Gasteiger partial charge in [-0.05, 0) is 39.5 Å². The fraction of sp³-hybridized carbons (Fsp3) is 0.562. The van der Waals surface area contributed by atoms with Gasteiger partial charge in [0, 0.05) is 6.54 Å². The highest BCUT2D eigenvalue weighted by atomic mass is 32.1. The fourth-order valence-electron chi connectivity index (χ4n) is 3.94. The number of thiazole rings is 1. The van der Waals surface area contributed by atoms with Crippen molar-refractivity contribution in [2.75, 3.05) is 13.2 Å². The van der Waals surface area contributed by atoms with Gasteiger partial charge < -0.3 is 14.5 Å². The third-order valence-corrected chi connectivity index (χ3v) is 6.29. The van der Waals surface area contributed by atoms with E-state index in [1.54, 1.807) is 0 Å². The molecule has 3 aliphatic rings. The second-order valence-electron chi connectivity index (χ2n) is 6.71. The first-order valence-electron chi connectivity index (χ1n) is 7.78. The van der Waals surface area contributed by atoms with Crippen LogP contribution in [0.15, 0.2) is 4.52 Å².